The number of aromatic nitrogens is 1. The molecule has 5 nitrogen and oxygen atoms in total. The summed E-state index contributed by atoms with van der Waals surface area (Å²) in [6, 6.07) is 3.90. The fraction of sp³-hybridized carbons (Fsp3) is 0.300. The van der Waals surface area contributed by atoms with Gasteiger partial charge in [-0.2, -0.15) is 18.2 Å². The largest absolute Gasteiger partial charge is 0.280 e. The molecule has 0 spiro atoms. The van der Waals surface area contributed by atoms with Crippen LogP contribution in [-0.4, -0.2) is 19.7 Å². The highest BCUT2D eigenvalue weighted by Gasteiger charge is 2.14. The van der Waals surface area contributed by atoms with E-state index in [0.29, 0.717) is 15.2 Å². The highest BCUT2D eigenvalue weighted by molar-refractivity contribution is 7.85. The Morgan fingerprint density at radius 2 is 2.22 bits per heavy atom. The van der Waals surface area contributed by atoms with E-state index >= 15 is 0 Å². The fourth-order valence-electron chi connectivity index (χ4n) is 1.31. The summed E-state index contributed by atoms with van der Waals surface area (Å²) in [4.78, 5) is 4.27. The Kier molecular flexibility index (Phi) is 3.62. The lowest BCUT2D eigenvalue weighted by Gasteiger charge is -2.08. The molecule has 2 rings (SSSR count). The van der Waals surface area contributed by atoms with Crippen molar-refractivity contribution in [2.45, 2.75) is 13.0 Å². The number of rotatable bonds is 4. The standard InChI is InChI=1S/C10H11FN2O3S2/c1-6(13-16-18(2,14)15)10-12-8-4-3-7(11)5-9(8)17-10/h3-6,13H,1-2H3/t6-/m1/s1. The van der Waals surface area contributed by atoms with Gasteiger partial charge in [-0.15, -0.1) is 11.3 Å². The van der Waals surface area contributed by atoms with Crippen LogP contribution in [-0.2, 0) is 14.4 Å². The Hall–Kier alpha value is -1.09. The second kappa shape index (κ2) is 4.88. The number of benzene rings is 1. The monoisotopic (exact) mass is 290 g/mol. The van der Waals surface area contributed by atoms with Crippen LogP contribution in [0.5, 0.6) is 0 Å². The molecule has 0 unspecified atom stereocenters. The molecule has 0 saturated heterocycles. The lowest BCUT2D eigenvalue weighted by atomic mass is 10.3. The minimum Gasteiger partial charge on any atom is -0.239 e. The number of fused-ring (bicyclic) bond motifs is 1. The zero-order chi connectivity index (χ0) is 13.3. The van der Waals surface area contributed by atoms with Gasteiger partial charge in [-0.3, -0.25) is 0 Å². The predicted molar refractivity (Wildman–Crippen MR) is 67.1 cm³/mol. The number of nitrogens with zero attached hydrogens (tertiary/aromatic N) is 1. The predicted octanol–water partition coefficient (Wildman–Crippen LogP) is 1.98. The maximum atomic E-state index is 13.0. The molecule has 1 aromatic carbocycles. The third kappa shape index (κ3) is 3.22. The number of hydrogen-bond donors (Lipinski definition) is 1. The van der Waals surface area contributed by atoms with Crippen molar-refractivity contribution in [1.29, 1.82) is 0 Å². The molecule has 0 aliphatic rings. The molecule has 0 radical (unpaired) electrons. The van der Waals surface area contributed by atoms with Gasteiger partial charge in [-0.05, 0) is 25.1 Å². The Bertz CT molecular complexity index is 669. The molecule has 0 aliphatic heterocycles. The molecular weight excluding hydrogens is 279 g/mol. The van der Waals surface area contributed by atoms with Crippen LogP contribution in [0.25, 0.3) is 10.2 Å². The van der Waals surface area contributed by atoms with Gasteiger partial charge >= 0.3 is 0 Å². The second-order valence-corrected chi connectivity index (χ2v) is 6.43. The van der Waals surface area contributed by atoms with E-state index in [2.05, 4.69) is 14.7 Å². The third-order valence-electron chi connectivity index (χ3n) is 2.11. The van der Waals surface area contributed by atoms with Gasteiger partial charge in [-0.1, -0.05) is 0 Å². The SMILES string of the molecule is C[C@@H](NOS(C)(=O)=O)c1nc2ccc(F)cc2s1. The van der Waals surface area contributed by atoms with Crippen molar-refractivity contribution in [2.24, 2.45) is 0 Å². The van der Waals surface area contributed by atoms with Crippen molar-refractivity contribution in [3.8, 4) is 0 Å². The first-order valence-corrected chi connectivity index (χ1v) is 7.68. The van der Waals surface area contributed by atoms with E-state index in [0.717, 1.165) is 6.26 Å². The third-order valence-corrected chi connectivity index (χ3v) is 3.71. The van der Waals surface area contributed by atoms with Crippen LogP contribution < -0.4 is 5.48 Å². The van der Waals surface area contributed by atoms with Crippen LogP contribution in [0, 0.1) is 5.82 Å². The first-order chi connectivity index (χ1) is 8.35. The summed E-state index contributed by atoms with van der Waals surface area (Å²) >= 11 is 1.28. The minimum atomic E-state index is -3.56. The van der Waals surface area contributed by atoms with E-state index < -0.39 is 16.2 Å². The Balaban J connectivity index is 2.20. The van der Waals surface area contributed by atoms with Crippen molar-refractivity contribution in [3.63, 3.8) is 0 Å². The minimum absolute atomic E-state index is 0.328. The summed E-state index contributed by atoms with van der Waals surface area (Å²) in [6.45, 7) is 1.71. The van der Waals surface area contributed by atoms with Crippen molar-refractivity contribution in [1.82, 2.24) is 10.5 Å². The van der Waals surface area contributed by atoms with Crippen molar-refractivity contribution >= 4 is 31.7 Å². The number of hydrogen-bond acceptors (Lipinski definition) is 6. The molecule has 0 aliphatic carbocycles. The maximum Gasteiger partial charge on any atom is 0.280 e. The molecule has 0 fully saturated rings. The Labute approximate surface area is 108 Å². The molecule has 98 valence electrons. The quantitative estimate of drug-likeness (QED) is 0.872. The zero-order valence-electron chi connectivity index (χ0n) is 9.68. The van der Waals surface area contributed by atoms with Gasteiger partial charge in [0.15, 0.2) is 0 Å². The highest BCUT2D eigenvalue weighted by Crippen LogP contribution is 2.26. The van der Waals surface area contributed by atoms with Gasteiger partial charge in [0.25, 0.3) is 10.1 Å². The van der Waals surface area contributed by atoms with Crippen LogP contribution >= 0.6 is 11.3 Å². The number of nitrogens with one attached hydrogen (secondary N) is 1. The molecular formula is C10H11FN2O3S2. The van der Waals surface area contributed by atoms with Crippen LogP contribution in [0.1, 0.15) is 18.0 Å². The van der Waals surface area contributed by atoms with Crippen LogP contribution in [0.4, 0.5) is 4.39 Å². The molecule has 1 atom stereocenters. The molecule has 8 heteroatoms. The van der Waals surface area contributed by atoms with E-state index in [-0.39, 0.29) is 5.82 Å². The molecule has 0 amide bonds. The normalized spacial score (nSPS) is 13.9. The lowest BCUT2D eigenvalue weighted by Crippen LogP contribution is -2.22. The maximum absolute atomic E-state index is 13.0. The zero-order valence-corrected chi connectivity index (χ0v) is 11.3. The fourth-order valence-corrected chi connectivity index (χ4v) is 2.61. The van der Waals surface area contributed by atoms with Gasteiger partial charge in [0.1, 0.15) is 10.8 Å². The van der Waals surface area contributed by atoms with Gasteiger partial charge in [0.05, 0.1) is 22.5 Å². The highest BCUT2D eigenvalue weighted by atomic mass is 32.2. The average Bonchev–Trinajstić information content (AvgIpc) is 2.67. The smallest absolute Gasteiger partial charge is 0.239 e. The summed E-state index contributed by atoms with van der Waals surface area (Å²) in [6.07, 6.45) is 0.945. The second-order valence-electron chi connectivity index (χ2n) is 3.79. The summed E-state index contributed by atoms with van der Waals surface area (Å²) in [5.74, 6) is -0.328. The first kappa shape index (κ1) is 13.3. The van der Waals surface area contributed by atoms with Crippen LogP contribution in [0.3, 0.4) is 0 Å². The first-order valence-electron chi connectivity index (χ1n) is 5.05. The van der Waals surface area contributed by atoms with Crippen LogP contribution in [0.2, 0.25) is 0 Å². The van der Waals surface area contributed by atoms with Crippen LogP contribution in [0.15, 0.2) is 18.2 Å². The van der Waals surface area contributed by atoms with Crippen molar-refractivity contribution in [3.05, 3.63) is 29.0 Å². The average molecular weight is 290 g/mol. The molecule has 1 aromatic heterocycles. The molecule has 1 N–H and O–H groups in total. The summed E-state index contributed by atoms with van der Waals surface area (Å²) in [5.41, 5.74) is 3.05. The number of thiazole rings is 1. The summed E-state index contributed by atoms with van der Waals surface area (Å²) in [5, 5.41) is 0.624. The molecule has 0 bridgehead atoms. The van der Waals surface area contributed by atoms with E-state index in [1.54, 1.807) is 13.0 Å². The molecule has 1 heterocycles. The van der Waals surface area contributed by atoms with E-state index in [1.807, 2.05) is 0 Å². The molecule has 2 aromatic rings. The van der Waals surface area contributed by atoms with Crippen molar-refractivity contribution < 1.29 is 17.1 Å². The van der Waals surface area contributed by atoms with Crippen molar-refractivity contribution in [2.75, 3.05) is 6.26 Å². The molecule has 18 heavy (non-hydrogen) atoms. The van der Waals surface area contributed by atoms with Gasteiger partial charge in [0, 0.05) is 0 Å². The van der Waals surface area contributed by atoms with Gasteiger partial charge in [0.2, 0.25) is 0 Å². The summed E-state index contributed by atoms with van der Waals surface area (Å²) in [7, 11) is -3.56. The van der Waals surface area contributed by atoms with E-state index in [1.165, 1.54) is 23.5 Å². The topological polar surface area (TPSA) is 68.3 Å². The van der Waals surface area contributed by atoms with E-state index in [9.17, 15) is 12.8 Å². The number of hydroxylamine groups is 1. The Morgan fingerprint density at radius 1 is 1.50 bits per heavy atom. The Morgan fingerprint density at radius 3 is 2.89 bits per heavy atom. The van der Waals surface area contributed by atoms with E-state index in [4.69, 9.17) is 0 Å². The summed E-state index contributed by atoms with van der Waals surface area (Å²) < 4.78 is 39.9. The van der Waals surface area contributed by atoms with Gasteiger partial charge in [-0.25, -0.2) is 9.37 Å². The molecule has 0 saturated carbocycles. The van der Waals surface area contributed by atoms with Gasteiger partial charge < -0.3 is 0 Å². The lowest BCUT2D eigenvalue weighted by molar-refractivity contribution is 0.172. The number of halogens is 1.